The number of anilines is 1. The highest BCUT2D eigenvalue weighted by Crippen LogP contribution is 2.29. The zero-order valence-electron chi connectivity index (χ0n) is 20.5. The van der Waals surface area contributed by atoms with Crippen molar-refractivity contribution in [2.75, 3.05) is 24.5 Å². The number of Topliss-reactive ketones (excluding diaryl/α,β-unsaturated/α-hetero) is 1. The fourth-order valence-corrected chi connectivity index (χ4v) is 4.96. The summed E-state index contributed by atoms with van der Waals surface area (Å²) in [7, 11) is 0. The first-order chi connectivity index (χ1) is 16.4. The molecule has 1 aromatic heterocycles. The molecule has 1 N–H and O–H groups in total. The van der Waals surface area contributed by atoms with Crippen molar-refractivity contribution in [2.24, 2.45) is 0 Å². The van der Waals surface area contributed by atoms with Crippen molar-refractivity contribution < 1.29 is 32.4 Å². The lowest BCUT2D eigenvalue weighted by molar-refractivity contribution is -0.192. The highest BCUT2D eigenvalue weighted by molar-refractivity contribution is 5.99. The normalized spacial score (nSPS) is 20.6. The second-order valence-electron chi connectivity index (χ2n) is 9.33. The van der Waals surface area contributed by atoms with E-state index in [0.29, 0.717) is 29.5 Å². The molecule has 2 fully saturated rings. The highest BCUT2D eigenvalue weighted by atomic mass is 19.4. The molecule has 0 bridgehead atoms. The molecule has 0 saturated carbocycles. The number of likely N-dealkylation sites (tertiary alicyclic amines) is 1. The summed E-state index contributed by atoms with van der Waals surface area (Å²) >= 11 is 0. The van der Waals surface area contributed by atoms with Gasteiger partial charge >= 0.3 is 12.1 Å². The Morgan fingerprint density at radius 2 is 1.86 bits per heavy atom. The molecule has 4 rings (SSSR count). The Kier molecular flexibility index (Phi) is 8.25. The molecule has 0 radical (unpaired) electrons. The number of carbonyl (C=O) groups is 2. The highest BCUT2D eigenvalue weighted by Gasteiger charge is 2.38. The smallest absolute Gasteiger partial charge is 0.475 e. The van der Waals surface area contributed by atoms with Gasteiger partial charge in [-0.25, -0.2) is 4.79 Å². The summed E-state index contributed by atoms with van der Waals surface area (Å²) in [4.78, 5) is 26.8. The summed E-state index contributed by atoms with van der Waals surface area (Å²) in [5.41, 5.74) is 4.84. The number of halogens is 3. The quantitative estimate of drug-likeness (QED) is 0.601. The van der Waals surface area contributed by atoms with Crippen LogP contribution in [0.1, 0.15) is 59.1 Å². The van der Waals surface area contributed by atoms with E-state index in [1.807, 2.05) is 6.92 Å². The molecule has 3 heterocycles. The molecule has 35 heavy (non-hydrogen) atoms. The largest absolute Gasteiger partial charge is 0.490 e. The maximum absolute atomic E-state index is 12.7. The van der Waals surface area contributed by atoms with Crippen LogP contribution >= 0.6 is 0 Å². The van der Waals surface area contributed by atoms with E-state index >= 15 is 0 Å². The van der Waals surface area contributed by atoms with E-state index in [0.717, 1.165) is 24.7 Å². The van der Waals surface area contributed by atoms with Crippen LogP contribution in [0.5, 0.6) is 0 Å². The van der Waals surface area contributed by atoms with E-state index < -0.39 is 12.1 Å². The molecule has 2 aromatic rings. The first kappa shape index (κ1) is 26.7. The second kappa shape index (κ2) is 10.8. The predicted octanol–water partition coefficient (Wildman–Crippen LogP) is 4.72. The number of hydrogen-bond acceptors (Lipinski definition) is 6. The lowest BCUT2D eigenvalue weighted by Gasteiger charge is -2.28. The number of rotatable bonds is 5. The van der Waals surface area contributed by atoms with Gasteiger partial charge in [0.05, 0.1) is 11.3 Å². The van der Waals surface area contributed by atoms with Crippen LogP contribution in [-0.2, 0) is 11.2 Å². The van der Waals surface area contributed by atoms with Gasteiger partial charge in [-0.05, 0) is 76.8 Å². The SMILES string of the molecule is Cc1cc(N2CCC(N3CCCC3C)C2)ccc1CC(=O)c1c(C)noc1C.O=C(O)C(F)(F)F. The van der Waals surface area contributed by atoms with Gasteiger partial charge in [-0.1, -0.05) is 11.2 Å². The van der Waals surface area contributed by atoms with Crippen LogP contribution in [0.4, 0.5) is 18.9 Å². The summed E-state index contributed by atoms with van der Waals surface area (Å²) in [5.74, 6) is -2.07. The average Bonchev–Trinajstić information content (AvgIpc) is 3.49. The number of aromatic nitrogens is 1. The van der Waals surface area contributed by atoms with Gasteiger partial charge < -0.3 is 14.5 Å². The number of carbonyl (C=O) groups excluding carboxylic acids is 1. The van der Waals surface area contributed by atoms with Gasteiger partial charge in [-0.15, -0.1) is 0 Å². The van der Waals surface area contributed by atoms with Gasteiger partial charge in [-0.2, -0.15) is 13.2 Å². The third kappa shape index (κ3) is 6.42. The Morgan fingerprint density at radius 3 is 2.37 bits per heavy atom. The fourth-order valence-electron chi connectivity index (χ4n) is 4.96. The Labute approximate surface area is 202 Å². The molecule has 2 aliphatic rings. The van der Waals surface area contributed by atoms with E-state index in [1.54, 1.807) is 6.92 Å². The number of aliphatic carboxylic acids is 1. The Bertz CT molecular complexity index is 1050. The molecule has 0 aliphatic carbocycles. The number of carboxylic acid groups (broad SMARTS) is 1. The number of hydrogen-bond donors (Lipinski definition) is 1. The molecule has 10 heteroatoms. The average molecular weight is 496 g/mol. The van der Waals surface area contributed by atoms with Gasteiger partial charge in [0.25, 0.3) is 0 Å². The van der Waals surface area contributed by atoms with Crippen LogP contribution in [0.15, 0.2) is 22.7 Å². The fraction of sp³-hybridized carbons (Fsp3) is 0.560. The first-order valence-electron chi connectivity index (χ1n) is 11.7. The van der Waals surface area contributed by atoms with Crippen LogP contribution < -0.4 is 4.90 Å². The Balaban J connectivity index is 0.000000429. The summed E-state index contributed by atoms with van der Waals surface area (Å²) in [5, 5.41) is 11.0. The zero-order valence-corrected chi connectivity index (χ0v) is 20.5. The minimum atomic E-state index is -5.08. The van der Waals surface area contributed by atoms with Crippen LogP contribution in [0.25, 0.3) is 0 Å². The first-order valence-corrected chi connectivity index (χ1v) is 11.7. The van der Waals surface area contributed by atoms with Gasteiger partial charge in [0.1, 0.15) is 5.76 Å². The van der Waals surface area contributed by atoms with Crippen LogP contribution in [-0.4, -0.2) is 64.8 Å². The van der Waals surface area contributed by atoms with Crippen molar-refractivity contribution in [3.05, 3.63) is 46.3 Å². The number of alkyl halides is 3. The number of aryl methyl sites for hydroxylation is 3. The monoisotopic (exact) mass is 495 g/mol. The van der Waals surface area contributed by atoms with Crippen LogP contribution in [0.3, 0.4) is 0 Å². The molecule has 7 nitrogen and oxygen atoms in total. The van der Waals surface area contributed by atoms with E-state index in [9.17, 15) is 18.0 Å². The maximum Gasteiger partial charge on any atom is 0.490 e. The molecule has 0 spiro atoms. The van der Waals surface area contributed by atoms with Crippen molar-refractivity contribution in [3.8, 4) is 0 Å². The van der Waals surface area contributed by atoms with Crippen molar-refractivity contribution in [1.29, 1.82) is 0 Å². The standard InChI is InChI=1S/C23H31N3O2.C2HF3O2/c1-15-12-20(25-11-9-21(14-25)26-10-5-6-16(26)2)8-7-19(15)13-22(27)23-17(3)24-28-18(23)4;3-2(4,5)1(6)7/h7-8,12,16,21H,5-6,9-11,13-14H2,1-4H3;(H,6,7). The van der Waals surface area contributed by atoms with Gasteiger partial charge in [0, 0.05) is 37.3 Å². The molecule has 2 atom stereocenters. The summed E-state index contributed by atoms with van der Waals surface area (Å²) in [6.45, 7) is 11.6. The summed E-state index contributed by atoms with van der Waals surface area (Å²) in [6.07, 6.45) is -0.771. The van der Waals surface area contributed by atoms with Gasteiger partial charge in [0.2, 0.25) is 0 Å². The molecule has 2 unspecified atom stereocenters. The predicted molar refractivity (Wildman–Crippen MR) is 125 cm³/mol. The van der Waals surface area contributed by atoms with Crippen LogP contribution in [0.2, 0.25) is 0 Å². The van der Waals surface area contributed by atoms with E-state index in [2.05, 4.69) is 47.0 Å². The van der Waals surface area contributed by atoms with E-state index in [-0.39, 0.29) is 5.78 Å². The zero-order chi connectivity index (χ0) is 25.9. The topological polar surface area (TPSA) is 86.9 Å². The minimum absolute atomic E-state index is 0.0800. The molecule has 192 valence electrons. The van der Waals surface area contributed by atoms with Crippen molar-refractivity contribution >= 4 is 17.4 Å². The minimum Gasteiger partial charge on any atom is -0.475 e. The number of benzene rings is 1. The van der Waals surface area contributed by atoms with Gasteiger partial charge in [0.15, 0.2) is 5.78 Å². The van der Waals surface area contributed by atoms with Crippen molar-refractivity contribution in [3.63, 3.8) is 0 Å². The maximum atomic E-state index is 12.7. The number of nitrogens with zero attached hydrogens (tertiary/aromatic N) is 3. The lowest BCUT2D eigenvalue weighted by Crippen LogP contribution is -2.39. The molecule has 0 amide bonds. The Morgan fingerprint density at radius 1 is 1.17 bits per heavy atom. The lowest BCUT2D eigenvalue weighted by atomic mass is 9.98. The number of ketones is 1. The van der Waals surface area contributed by atoms with E-state index in [4.69, 9.17) is 14.4 Å². The molecular formula is C25H32F3N3O4. The number of carboxylic acids is 1. The second-order valence-corrected chi connectivity index (χ2v) is 9.33. The molecule has 2 saturated heterocycles. The van der Waals surface area contributed by atoms with Crippen molar-refractivity contribution in [1.82, 2.24) is 10.1 Å². The van der Waals surface area contributed by atoms with Gasteiger partial charge in [-0.3, -0.25) is 9.69 Å². The van der Waals surface area contributed by atoms with Crippen molar-refractivity contribution in [2.45, 2.75) is 71.6 Å². The van der Waals surface area contributed by atoms with E-state index in [1.165, 1.54) is 37.1 Å². The third-order valence-electron chi connectivity index (χ3n) is 6.83. The summed E-state index contributed by atoms with van der Waals surface area (Å²) in [6, 6.07) is 7.94. The third-order valence-corrected chi connectivity index (χ3v) is 6.83. The van der Waals surface area contributed by atoms with Crippen LogP contribution in [0, 0.1) is 20.8 Å². The molecular weight excluding hydrogens is 463 g/mol. The Hall–Kier alpha value is -2.88. The summed E-state index contributed by atoms with van der Waals surface area (Å²) < 4.78 is 36.9. The molecule has 1 aromatic carbocycles. The molecule has 2 aliphatic heterocycles.